The van der Waals surface area contributed by atoms with Gasteiger partial charge in [0.15, 0.2) is 0 Å². The molecule has 0 amide bonds. The minimum Gasteiger partial charge on any atom is -0.381 e. The highest BCUT2D eigenvalue weighted by molar-refractivity contribution is 9.10. The third kappa shape index (κ3) is 3.89. The van der Waals surface area contributed by atoms with Gasteiger partial charge in [0.05, 0.1) is 5.69 Å². The monoisotopic (exact) mass is 329 g/mol. The molecular formula is C15H21BrClN. The standard InChI is InChI=1S/C15H21BrClN/c1-2-3-11-4-7-13(8-5-11)18-15-10-12(17)6-9-14(15)16/h6,9-11,13,18H,2-5,7-8H2,1H3. The number of nitrogens with one attached hydrogen (secondary N) is 1. The molecule has 0 aliphatic heterocycles. The van der Waals surface area contributed by atoms with Gasteiger partial charge in [0.25, 0.3) is 0 Å². The molecule has 3 heteroatoms. The Hall–Kier alpha value is -0.210. The van der Waals surface area contributed by atoms with E-state index in [9.17, 15) is 0 Å². The number of hydrogen-bond acceptors (Lipinski definition) is 1. The average Bonchev–Trinajstić information content (AvgIpc) is 2.37. The molecule has 0 unspecified atom stereocenters. The van der Waals surface area contributed by atoms with Crippen LogP contribution in [-0.2, 0) is 0 Å². The maximum atomic E-state index is 6.04. The molecule has 0 bridgehead atoms. The Morgan fingerprint density at radius 1 is 1.28 bits per heavy atom. The zero-order valence-corrected chi connectivity index (χ0v) is 13.2. The number of hydrogen-bond donors (Lipinski definition) is 1. The largest absolute Gasteiger partial charge is 0.381 e. The predicted octanol–water partition coefficient (Wildman–Crippen LogP) is 5.87. The Morgan fingerprint density at radius 3 is 2.67 bits per heavy atom. The summed E-state index contributed by atoms with van der Waals surface area (Å²) in [6, 6.07) is 6.53. The molecule has 1 aromatic carbocycles. The van der Waals surface area contributed by atoms with Gasteiger partial charge in [0.2, 0.25) is 0 Å². The second-order valence-corrected chi connectivity index (χ2v) is 6.57. The fourth-order valence-corrected chi connectivity index (χ4v) is 3.36. The molecule has 1 nitrogen and oxygen atoms in total. The Balaban J connectivity index is 1.89. The number of anilines is 1. The van der Waals surface area contributed by atoms with Crippen LogP contribution in [0.4, 0.5) is 5.69 Å². The second kappa shape index (κ2) is 6.81. The first-order chi connectivity index (χ1) is 8.69. The third-order valence-corrected chi connectivity index (χ3v) is 4.76. The molecule has 1 aliphatic rings. The summed E-state index contributed by atoms with van der Waals surface area (Å²) in [5.41, 5.74) is 1.13. The van der Waals surface area contributed by atoms with E-state index in [0.29, 0.717) is 6.04 Å². The Labute approximate surface area is 123 Å². The zero-order valence-electron chi connectivity index (χ0n) is 10.9. The van der Waals surface area contributed by atoms with E-state index in [2.05, 4.69) is 28.2 Å². The van der Waals surface area contributed by atoms with E-state index in [-0.39, 0.29) is 0 Å². The number of benzene rings is 1. The summed E-state index contributed by atoms with van der Waals surface area (Å²) < 4.78 is 1.10. The molecule has 0 atom stereocenters. The highest BCUT2D eigenvalue weighted by atomic mass is 79.9. The molecule has 1 fully saturated rings. The minimum atomic E-state index is 0.605. The molecule has 1 aromatic rings. The topological polar surface area (TPSA) is 12.0 Å². The van der Waals surface area contributed by atoms with Crippen molar-refractivity contribution in [2.24, 2.45) is 5.92 Å². The first-order valence-corrected chi connectivity index (χ1v) is 8.07. The summed E-state index contributed by atoms with van der Waals surface area (Å²) in [5.74, 6) is 0.954. The lowest BCUT2D eigenvalue weighted by Crippen LogP contribution is -2.26. The van der Waals surface area contributed by atoms with Gasteiger partial charge in [-0.2, -0.15) is 0 Å². The van der Waals surface area contributed by atoms with Crippen LogP contribution in [0.2, 0.25) is 5.02 Å². The Bertz CT molecular complexity index is 386. The summed E-state index contributed by atoms with van der Waals surface area (Å²) in [7, 11) is 0. The molecule has 2 rings (SSSR count). The molecule has 18 heavy (non-hydrogen) atoms. The van der Waals surface area contributed by atoms with Crippen molar-refractivity contribution in [2.75, 3.05) is 5.32 Å². The van der Waals surface area contributed by atoms with Crippen LogP contribution in [0.3, 0.4) is 0 Å². The first-order valence-electron chi connectivity index (χ1n) is 6.90. The summed E-state index contributed by atoms with van der Waals surface area (Å²) in [6.45, 7) is 2.29. The number of rotatable bonds is 4. The van der Waals surface area contributed by atoms with Crippen LogP contribution in [-0.4, -0.2) is 6.04 Å². The van der Waals surface area contributed by atoms with E-state index >= 15 is 0 Å². The smallest absolute Gasteiger partial charge is 0.0501 e. The SMILES string of the molecule is CCCC1CCC(Nc2cc(Cl)ccc2Br)CC1. The predicted molar refractivity (Wildman–Crippen MR) is 83.4 cm³/mol. The van der Waals surface area contributed by atoms with E-state index < -0.39 is 0 Å². The number of halogens is 2. The van der Waals surface area contributed by atoms with Gasteiger partial charge in [-0.1, -0.05) is 31.4 Å². The summed E-state index contributed by atoms with van der Waals surface area (Å²) in [5, 5.41) is 4.41. The van der Waals surface area contributed by atoms with Gasteiger partial charge in [-0.05, 0) is 65.7 Å². The molecule has 0 heterocycles. The van der Waals surface area contributed by atoms with Gasteiger partial charge < -0.3 is 5.32 Å². The molecular weight excluding hydrogens is 310 g/mol. The molecule has 1 N–H and O–H groups in total. The maximum Gasteiger partial charge on any atom is 0.0501 e. The molecule has 0 spiro atoms. The highest BCUT2D eigenvalue weighted by Crippen LogP contribution is 2.32. The second-order valence-electron chi connectivity index (χ2n) is 5.27. The average molecular weight is 331 g/mol. The van der Waals surface area contributed by atoms with Gasteiger partial charge in [-0.3, -0.25) is 0 Å². The van der Waals surface area contributed by atoms with Crippen LogP contribution >= 0.6 is 27.5 Å². The summed E-state index contributed by atoms with van der Waals surface area (Å²) >= 11 is 9.61. The quantitative estimate of drug-likeness (QED) is 0.727. The third-order valence-electron chi connectivity index (χ3n) is 3.83. The van der Waals surface area contributed by atoms with Crippen LogP contribution in [0.25, 0.3) is 0 Å². The normalized spacial score (nSPS) is 23.9. The molecule has 1 aliphatic carbocycles. The van der Waals surface area contributed by atoms with E-state index in [1.54, 1.807) is 0 Å². The van der Waals surface area contributed by atoms with Crippen molar-refractivity contribution in [1.29, 1.82) is 0 Å². The lowest BCUT2D eigenvalue weighted by atomic mass is 9.83. The van der Waals surface area contributed by atoms with Crippen molar-refractivity contribution < 1.29 is 0 Å². The lowest BCUT2D eigenvalue weighted by Gasteiger charge is -2.30. The van der Waals surface area contributed by atoms with Gasteiger partial charge >= 0.3 is 0 Å². The Morgan fingerprint density at radius 2 is 2.00 bits per heavy atom. The Kier molecular flexibility index (Phi) is 5.38. The van der Waals surface area contributed by atoms with Crippen LogP contribution < -0.4 is 5.32 Å². The fourth-order valence-electron chi connectivity index (χ4n) is 2.83. The first kappa shape index (κ1) is 14.2. The van der Waals surface area contributed by atoms with Crippen LogP contribution in [0.15, 0.2) is 22.7 Å². The molecule has 100 valence electrons. The van der Waals surface area contributed by atoms with Crippen molar-refractivity contribution in [2.45, 2.75) is 51.5 Å². The van der Waals surface area contributed by atoms with E-state index in [0.717, 1.165) is 21.1 Å². The van der Waals surface area contributed by atoms with Crippen molar-refractivity contribution in [3.05, 3.63) is 27.7 Å². The van der Waals surface area contributed by atoms with Gasteiger partial charge in [-0.15, -0.1) is 0 Å². The summed E-state index contributed by atoms with van der Waals surface area (Å²) in [6.07, 6.45) is 8.01. The van der Waals surface area contributed by atoms with Crippen LogP contribution in [0, 0.1) is 5.92 Å². The van der Waals surface area contributed by atoms with Crippen molar-refractivity contribution >= 4 is 33.2 Å². The fraction of sp³-hybridized carbons (Fsp3) is 0.600. The van der Waals surface area contributed by atoms with Gasteiger partial charge in [-0.25, -0.2) is 0 Å². The minimum absolute atomic E-state index is 0.605. The summed E-state index contributed by atoms with van der Waals surface area (Å²) in [4.78, 5) is 0. The molecule has 0 saturated heterocycles. The van der Waals surface area contributed by atoms with Crippen LogP contribution in [0.5, 0.6) is 0 Å². The zero-order chi connectivity index (χ0) is 13.0. The molecule has 0 aromatic heterocycles. The van der Waals surface area contributed by atoms with Crippen molar-refractivity contribution in [3.8, 4) is 0 Å². The lowest BCUT2D eigenvalue weighted by molar-refractivity contribution is 0.319. The van der Waals surface area contributed by atoms with E-state index in [4.69, 9.17) is 11.6 Å². The van der Waals surface area contributed by atoms with Gasteiger partial charge in [0, 0.05) is 15.5 Å². The molecule has 0 radical (unpaired) electrons. The van der Waals surface area contributed by atoms with Crippen molar-refractivity contribution in [1.82, 2.24) is 0 Å². The van der Waals surface area contributed by atoms with E-state index in [1.807, 2.05) is 18.2 Å². The maximum absolute atomic E-state index is 6.04. The highest BCUT2D eigenvalue weighted by Gasteiger charge is 2.20. The van der Waals surface area contributed by atoms with Crippen LogP contribution in [0.1, 0.15) is 45.4 Å². The van der Waals surface area contributed by atoms with Gasteiger partial charge in [0.1, 0.15) is 0 Å². The molecule has 1 saturated carbocycles. The van der Waals surface area contributed by atoms with E-state index in [1.165, 1.54) is 38.5 Å². The van der Waals surface area contributed by atoms with Crippen molar-refractivity contribution in [3.63, 3.8) is 0 Å².